The molecule has 0 fully saturated rings. The van der Waals surface area contributed by atoms with Crippen molar-refractivity contribution in [2.75, 3.05) is 19.8 Å². The molecule has 104 valence electrons. The van der Waals surface area contributed by atoms with E-state index in [0.717, 1.165) is 17.7 Å². The number of carbonyl (C=O) groups excluding carboxylic acids is 1. The summed E-state index contributed by atoms with van der Waals surface area (Å²) in [7, 11) is 0. The van der Waals surface area contributed by atoms with E-state index in [1.54, 1.807) is 0 Å². The van der Waals surface area contributed by atoms with Crippen molar-refractivity contribution in [2.45, 2.75) is 19.1 Å². The lowest BCUT2D eigenvalue weighted by Gasteiger charge is -2.11. The second kappa shape index (κ2) is 6.40. The van der Waals surface area contributed by atoms with Gasteiger partial charge in [0.25, 0.3) is 0 Å². The number of hydrogen-bond acceptors (Lipinski definition) is 5. The van der Waals surface area contributed by atoms with E-state index in [1.807, 2.05) is 18.2 Å². The first-order chi connectivity index (χ1) is 9.20. The molecule has 1 atom stereocenters. The van der Waals surface area contributed by atoms with Crippen molar-refractivity contribution in [1.82, 2.24) is 5.32 Å². The first-order valence-electron chi connectivity index (χ1n) is 6.25. The summed E-state index contributed by atoms with van der Waals surface area (Å²) in [4.78, 5) is 11.4. The van der Waals surface area contributed by atoms with Gasteiger partial charge >= 0.3 is 0 Å². The number of nitrogens with two attached hydrogens (primary N) is 1. The first-order valence-corrected chi connectivity index (χ1v) is 6.25. The van der Waals surface area contributed by atoms with Crippen LogP contribution in [0.2, 0.25) is 0 Å². The second-order valence-electron chi connectivity index (χ2n) is 4.30. The quantitative estimate of drug-likeness (QED) is 0.700. The zero-order valence-corrected chi connectivity index (χ0v) is 10.6. The summed E-state index contributed by atoms with van der Waals surface area (Å²) in [6.45, 7) is 1.49. The Morgan fingerprint density at radius 1 is 1.37 bits per heavy atom. The zero-order chi connectivity index (χ0) is 13.7. The van der Waals surface area contributed by atoms with Gasteiger partial charge in [0, 0.05) is 19.5 Å². The van der Waals surface area contributed by atoms with Gasteiger partial charge in [0.15, 0.2) is 11.5 Å². The molecule has 0 aromatic heterocycles. The lowest BCUT2D eigenvalue weighted by atomic mass is 10.2. The third kappa shape index (κ3) is 3.59. The normalized spacial score (nSPS) is 15.5. The number of ether oxygens (including phenoxy) is 2. The third-order valence-electron chi connectivity index (χ3n) is 2.80. The minimum Gasteiger partial charge on any atom is -0.490 e. The SMILES string of the molecule is NCC(O)C(=O)NCc1ccc2c(c1)OCCCO2. The highest BCUT2D eigenvalue weighted by atomic mass is 16.5. The Hall–Kier alpha value is -1.79. The topological polar surface area (TPSA) is 93.8 Å². The van der Waals surface area contributed by atoms with Gasteiger partial charge in [-0.3, -0.25) is 4.79 Å². The van der Waals surface area contributed by atoms with Crippen LogP contribution < -0.4 is 20.5 Å². The molecular weight excluding hydrogens is 248 g/mol. The van der Waals surface area contributed by atoms with Crippen LogP contribution >= 0.6 is 0 Å². The molecule has 6 nitrogen and oxygen atoms in total. The van der Waals surface area contributed by atoms with E-state index < -0.39 is 12.0 Å². The number of aliphatic hydroxyl groups excluding tert-OH is 1. The maximum Gasteiger partial charge on any atom is 0.250 e. The Morgan fingerprint density at radius 3 is 2.84 bits per heavy atom. The van der Waals surface area contributed by atoms with Crippen molar-refractivity contribution < 1.29 is 19.4 Å². The minimum atomic E-state index is -1.17. The van der Waals surface area contributed by atoms with Crippen LogP contribution in [0.25, 0.3) is 0 Å². The van der Waals surface area contributed by atoms with Crippen LogP contribution in [0.1, 0.15) is 12.0 Å². The monoisotopic (exact) mass is 266 g/mol. The molecule has 6 heteroatoms. The molecular formula is C13H18N2O4. The lowest BCUT2D eigenvalue weighted by molar-refractivity contribution is -0.128. The van der Waals surface area contributed by atoms with Crippen molar-refractivity contribution in [3.05, 3.63) is 23.8 Å². The van der Waals surface area contributed by atoms with E-state index in [4.69, 9.17) is 15.2 Å². The van der Waals surface area contributed by atoms with Crippen LogP contribution in [0.4, 0.5) is 0 Å². The van der Waals surface area contributed by atoms with Crippen molar-refractivity contribution in [3.8, 4) is 11.5 Å². The average Bonchev–Trinajstić information content (AvgIpc) is 2.68. The Morgan fingerprint density at radius 2 is 2.11 bits per heavy atom. The Balaban J connectivity index is 1.98. The van der Waals surface area contributed by atoms with E-state index in [0.29, 0.717) is 25.5 Å². The number of benzene rings is 1. The van der Waals surface area contributed by atoms with Crippen LogP contribution in [-0.4, -0.2) is 36.9 Å². The number of aliphatic hydroxyl groups is 1. The van der Waals surface area contributed by atoms with E-state index in [1.165, 1.54) is 0 Å². The van der Waals surface area contributed by atoms with Crippen LogP contribution in [0.15, 0.2) is 18.2 Å². The molecule has 0 spiro atoms. The number of rotatable bonds is 4. The molecule has 19 heavy (non-hydrogen) atoms. The highest BCUT2D eigenvalue weighted by molar-refractivity contribution is 5.80. The molecule has 0 aliphatic carbocycles. The highest BCUT2D eigenvalue weighted by Crippen LogP contribution is 2.30. The van der Waals surface area contributed by atoms with Crippen molar-refractivity contribution in [3.63, 3.8) is 0 Å². The fourth-order valence-electron chi connectivity index (χ4n) is 1.73. The second-order valence-corrected chi connectivity index (χ2v) is 4.30. The van der Waals surface area contributed by atoms with Crippen molar-refractivity contribution in [2.24, 2.45) is 5.73 Å². The van der Waals surface area contributed by atoms with Gasteiger partial charge < -0.3 is 25.6 Å². The minimum absolute atomic E-state index is 0.0903. The lowest BCUT2D eigenvalue weighted by Crippen LogP contribution is -2.38. The summed E-state index contributed by atoms with van der Waals surface area (Å²) in [5.41, 5.74) is 6.08. The fourth-order valence-corrected chi connectivity index (χ4v) is 1.73. The van der Waals surface area contributed by atoms with Gasteiger partial charge in [-0.25, -0.2) is 0 Å². The predicted octanol–water partition coefficient (Wildman–Crippen LogP) is -0.216. The fraction of sp³-hybridized carbons (Fsp3) is 0.462. The van der Waals surface area contributed by atoms with E-state index >= 15 is 0 Å². The van der Waals surface area contributed by atoms with Gasteiger partial charge in [0.2, 0.25) is 5.91 Å². The van der Waals surface area contributed by atoms with Gasteiger partial charge in [0.05, 0.1) is 13.2 Å². The summed E-state index contributed by atoms with van der Waals surface area (Å²) in [6.07, 6.45) is -0.316. The Kier molecular flexibility index (Phi) is 4.59. The van der Waals surface area contributed by atoms with E-state index in [2.05, 4.69) is 5.32 Å². The van der Waals surface area contributed by atoms with E-state index in [-0.39, 0.29) is 6.54 Å². The highest BCUT2D eigenvalue weighted by Gasteiger charge is 2.13. The van der Waals surface area contributed by atoms with Gasteiger partial charge in [0.1, 0.15) is 6.10 Å². The van der Waals surface area contributed by atoms with Crippen LogP contribution in [-0.2, 0) is 11.3 Å². The maximum atomic E-state index is 11.4. The molecule has 0 saturated carbocycles. The zero-order valence-electron chi connectivity index (χ0n) is 10.6. The molecule has 1 heterocycles. The Labute approximate surface area is 111 Å². The first kappa shape index (κ1) is 13.6. The number of amides is 1. The molecule has 2 rings (SSSR count). The summed E-state index contributed by atoms with van der Waals surface area (Å²) in [6, 6.07) is 5.50. The van der Waals surface area contributed by atoms with Gasteiger partial charge in [-0.1, -0.05) is 6.07 Å². The average molecular weight is 266 g/mol. The number of hydrogen-bond donors (Lipinski definition) is 3. The van der Waals surface area contributed by atoms with Crippen LogP contribution in [0.3, 0.4) is 0 Å². The largest absolute Gasteiger partial charge is 0.490 e. The number of carbonyl (C=O) groups is 1. The van der Waals surface area contributed by atoms with E-state index in [9.17, 15) is 9.90 Å². The Bertz CT molecular complexity index is 450. The number of fused-ring (bicyclic) bond motifs is 1. The molecule has 0 saturated heterocycles. The third-order valence-corrected chi connectivity index (χ3v) is 2.80. The molecule has 0 bridgehead atoms. The van der Waals surface area contributed by atoms with Crippen molar-refractivity contribution >= 4 is 5.91 Å². The molecule has 1 amide bonds. The van der Waals surface area contributed by atoms with Crippen LogP contribution in [0, 0.1) is 0 Å². The molecule has 0 radical (unpaired) electrons. The summed E-state index contributed by atoms with van der Waals surface area (Å²) in [5.74, 6) is 0.924. The van der Waals surface area contributed by atoms with Gasteiger partial charge in [-0.2, -0.15) is 0 Å². The summed E-state index contributed by atoms with van der Waals surface area (Å²) >= 11 is 0. The molecule has 1 aromatic carbocycles. The van der Waals surface area contributed by atoms with Crippen LogP contribution in [0.5, 0.6) is 11.5 Å². The molecule has 1 unspecified atom stereocenters. The molecule has 4 N–H and O–H groups in total. The molecule has 1 aliphatic heterocycles. The van der Waals surface area contributed by atoms with Gasteiger partial charge in [-0.15, -0.1) is 0 Å². The number of nitrogens with one attached hydrogen (secondary N) is 1. The smallest absolute Gasteiger partial charge is 0.250 e. The summed E-state index contributed by atoms with van der Waals surface area (Å²) in [5, 5.41) is 11.9. The summed E-state index contributed by atoms with van der Waals surface area (Å²) < 4.78 is 11.1. The molecule has 1 aliphatic rings. The molecule has 1 aromatic rings. The standard InChI is InChI=1S/C13H18N2O4/c14-7-10(16)13(17)15-8-9-2-3-11-12(6-9)19-5-1-4-18-11/h2-3,6,10,16H,1,4-5,7-8,14H2,(H,15,17). The van der Waals surface area contributed by atoms with Gasteiger partial charge in [-0.05, 0) is 17.7 Å². The van der Waals surface area contributed by atoms with Crippen molar-refractivity contribution in [1.29, 1.82) is 0 Å². The maximum absolute atomic E-state index is 11.4. The predicted molar refractivity (Wildman–Crippen MR) is 69.0 cm³/mol.